The zero-order valence-electron chi connectivity index (χ0n) is 16.6. The Balaban J connectivity index is 1.45. The summed E-state index contributed by atoms with van der Waals surface area (Å²) in [5.41, 5.74) is 4.54. The molecule has 1 aliphatic carbocycles. The van der Waals surface area contributed by atoms with Gasteiger partial charge in [0.2, 0.25) is 0 Å². The number of amides is 1. The number of benzene rings is 1. The first-order valence-electron chi connectivity index (χ1n) is 9.70. The molecule has 1 saturated heterocycles. The van der Waals surface area contributed by atoms with Gasteiger partial charge in [0, 0.05) is 30.8 Å². The molecule has 2 fully saturated rings. The van der Waals surface area contributed by atoms with E-state index in [9.17, 15) is 22.4 Å². The zero-order chi connectivity index (χ0) is 22.6. The third-order valence-electron chi connectivity index (χ3n) is 5.57. The van der Waals surface area contributed by atoms with Crippen molar-refractivity contribution in [1.29, 1.82) is 0 Å². The maximum Gasteiger partial charge on any atom is 0.418 e. The molecule has 0 atom stereocenters. The molecule has 2 N–H and O–H groups in total. The maximum absolute atomic E-state index is 14.2. The topological polar surface area (TPSA) is 68.5 Å². The van der Waals surface area contributed by atoms with E-state index in [4.69, 9.17) is 22.1 Å². The third kappa shape index (κ3) is 4.42. The second kappa shape index (κ2) is 7.55. The van der Waals surface area contributed by atoms with Crippen LogP contribution in [0.3, 0.4) is 0 Å². The van der Waals surface area contributed by atoms with Crippen molar-refractivity contribution >= 4 is 23.3 Å². The number of rotatable bonds is 6. The fourth-order valence-electron chi connectivity index (χ4n) is 3.80. The van der Waals surface area contributed by atoms with Crippen molar-refractivity contribution in [2.24, 2.45) is 11.1 Å². The molecule has 0 bridgehead atoms. The molecule has 5 nitrogen and oxygen atoms in total. The Morgan fingerprint density at radius 1 is 1.32 bits per heavy atom. The van der Waals surface area contributed by atoms with Gasteiger partial charge in [-0.3, -0.25) is 4.79 Å². The molecule has 0 unspecified atom stereocenters. The first-order valence-corrected chi connectivity index (χ1v) is 10.1. The number of nitrogens with two attached hydrogens (primary N) is 1. The smallest absolute Gasteiger partial charge is 0.418 e. The number of ether oxygens (including phenoxy) is 1. The highest BCUT2D eigenvalue weighted by Crippen LogP contribution is 2.46. The van der Waals surface area contributed by atoms with Crippen LogP contribution in [0.2, 0.25) is 5.02 Å². The minimum atomic E-state index is -4.56. The Labute approximate surface area is 181 Å². The van der Waals surface area contributed by atoms with Gasteiger partial charge in [0.05, 0.1) is 22.8 Å². The highest BCUT2D eigenvalue weighted by molar-refractivity contribution is 6.31. The second-order valence-electron chi connectivity index (χ2n) is 8.48. The predicted molar refractivity (Wildman–Crippen MR) is 107 cm³/mol. The van der Waals surface area contributed by atoms with Gasteiger partial charge < -0.3 is 15.4 Å². The van der Waals surface area contributed by atoms with Gasteiger partial charge in [-0.1, -0.05) is 18.5 Å². The Morgan fingerprint density at radius 2 is 2.00 bits per heavy atom. The van der Waals surface area contributed by atoms with Crippen LogP contribution in [0, 0.1) is 11.2 Å². The van der Waals surface area contributed by atoms with Gasteiger partial charge in [-0.05, 0) is 36.5 Å². The van der Waals surface area contributed by atoms with Crippen LogP contribution in [-0.4, -0.2) is 30.6 Å². The second-order valence-corrected chi connectivity index (χ2v) is 8.89. The molecule has 2 aromatic rings. The molecule has 1 saturated carbocycles. The number of anilines is 1. The minimum Gasteiger partial charge on any atom is -0.492 e. The van der Waals surface area contributed by atoms with Crippen LogP contribution in [0.1, 0.15) is 47.2 Å². The van der Waals surface area contributed by atoms with Gasteiger partial charge in [0.1, 0.15) is 17.4 Å². The number of nitrogens with zero attached hydrogens (tertiary/aromatic N) is 2. The molecule has 1 aromatic heterocycles. The van der Waals surface area contributed by atoms with Crippen molar-refractivity contribution in [2.75, 3.05) is 24.6 Å². The van der Waals surface area contributed by atoms with Crippen molar-refractivity contribution in [1.82, 2.24) is 4.98 Å². The predicted octanol–water partition coefficient (Wildman–Crippen LogP) is 4.77. The van der Waals surface area contributed by atoms with Crippen molar-refractivity contribution in [2.45, 2.75) is 31.9 Å². The van der Waals surface area contributed by atoms with Gasteiger partial charge >= 0.3 is 6.18 Å². The van der Waals surface area contributed by atoms with Crippen LogP contribution in [0.25, 0.3) is 0 Å². The quantitative estimate of drug-likeness (QED) is 0.634. The fraction of sp³-hybridized carbons (Fsp3) is 0.429. The van der Waals surface area contributed by atoms with Crippen LogP contribution in [-0.2, 0) is 6.18 Å². The average molecular weight is 458 g/mol. The molecule has 1 aliphatic heterocycles. The first kappa shape index (κ1) is 21.7. The van der Waals surface area contributed by atoms with E-state index < -0.39 is 28.5 Å². The summed E-state index contributed by atoms with van der Waals surface area (Å²) in [6, 6.07) is 3.58. The number of alkyl halides is 3. The number of pyridine rings is 1. The van der Waals surface area contributed by atoms with Crippen molar-refractivity contribution in [3.8, 4) is 5.75 Å². The maximum atomic E-state index is 14.2. The number of carbonyl (C=O) groups is 1. The summed E-state index contributed by atoms with van der Waals surface area (Å²) in [7, 11) is 0. The van der Waals surface area contributed by atoms with Gasteiger partial charge in [-0.25, -0.2) is 9.37 Å². The summed E-state index contributed by atoms with van der Waals surface area (Å²) in [5.74, 6) is -0.810. The molecule has 1 amide bonds. The standard InChI is InChI=1S/C21H20ClF4N3O2/c1-20(8-29(9-20)18-5-14(21(24,25)26)15(22)7-28-18)10-31-17-6-16(23)13(19(27)30)4-12(17)11-2-3-11/h4-7,11H,2-3,8-10H2,1H3,(H2,27,30). The summed E-state index contributed by atoms with van der Waals surface area (Å²) in [4.78, 5) is 17.1. The van der Waals surface area contributed by atoms with Gasteiger partial charge in [0.25, 0.3) is 5.91 Å². The summed E-state index contributed by atoms with van der Waals surface area (Å²) in [6.45, 7) is 2.99. The fourth-order valence-corrected chi connectivity index (χ4v) is 4.01. The average Bonchev–Trinajstić information content (AvgIpc) is 3.48. The van der Waals surface area contributed by atoms with Gasteiger partial charge in [0.15, 0.2) is 0 Å². The Bertz CT molecular complexity index is 1030. The minimum absolute atomic E-state index is 0.162. The summed E-state index contributed by atoms with van der Waals surface area (Å²) in [5, 5.41) is -0.447. The van der Waals surface area contributed by atoms with Crippen molar-refractivity contribution in [3.63, 3.8) is 0 Å². The molecule has 0 radical (unpaired) electrons. The van der Waals surface area contributed by atoms with E-state index in [1.807, 2.05) is 6.92 Å². The monoisotopic (exact) mass is 457 g/mol. The van der Waals surface area contributed by atoms with E-state index in [1.54, 1.807) is 4.90 Å². The molecule has 4 rings (SSSR count). The molecular formula is C21H20ClF4N3O2. The first-order chi connectivity index (χ1) is 14.5. The zero-order valence-corrected chi connectivity index (χ0v) is 17.4. The lowest BCUT2D eigenvalue weighted by Gasteiger charge is -2.48. The lowest BCUT2D eigenvalue weighted by molar-refractivity contribution is -0.137. The van der Waals surface area contributed by atoms with E-state index in [0.717, 1.165) is 30.7 Å². The number of carbonyl (C=O) groups excluding carboxylic acids is 1. The SMILES string of the molecule is CC1(COc2cc(F)c(C(N)=O)cc2C2CC2)CN(c2cc(C(F)(F)F)c(Cl)cn2)C1. The number of hydrogen-bond acceptors (Lipinski definition) is 4. The molecule has 2 aliphatic rings. The number of primary amides is 1. The van der Waals surface area contributed by atoms with Crippen LogP contribution >= 0.6 is 11.6 Å². The van der Waals surface area contributed by atoms with E-state index in [2.05, 4.69) is 4.98 Å². The third-order valence-corrected chi connectivity index (χ3v) is 5.87. The molecular weight excluding hydrogens is 438 g/mol. The van der Waals surface area contributed by atoms with Gasteiger partial charge in [-0.2, -0.15) is 13.2 Å². The highest BCUT2D eigenvalue weighted by atomic mass is 35.5. The summed E-state index contributed by atoms with van der Waals surface area (Å²) in [6.07, 6.45) is -1.71. The summed E-state index contributed by atoms with van der Waals surface area (Å²) >= 11 is 5.63. The largest absolute Gasteiger partial charge is 0.492 e. The van der Waals surface area contributed by atoms with E-state index >= 15 is 0 Å². The molecule has 0 spiro atoms. The molecule has 1 aromatic carbocycles. The summed E-state index contributed by atoms with van der Waals surface area (Å²) < 4.78 is 59.4. The van der Waals surface area contributed by atoms with E-state index in [1.165, 1.54) is 12.1 Å². The molecule has 31 heavy (non-hydrogen) atoms. The normalized spacial score (nSPS) is 17.9. The van der Waals surface area contributed by atoms with E-state index in [0.29, 0.717) is 18.8 Å². The Hall–Kier alpha value is -2.55. The van der Waals surface area contributed by atoms with Crippen LogP contribution < -0.4 is 15.4 Å². The lowest BCUT2D eigenvalue weighted by atomic mass is 9.82. The van der Waals surface area contributed by atoms with E-state index in [-0.39, 0.29) is 29.3 Å². The number of halogens is 5. The Kier molecular flexibility index (Phi) is 5.28. The molecule has 10 heteroatoms. The highest BCUT2D eigenvalue weighted by Gasteiger charge is 2.42. The van der Waals surface area contributed by atoms with Crippen LogP contribution in [0.15, 0.2) is 24.4 Å². The molecule has 166 valence electrons. The van der Waals surface area contributed by atoms with Crippen LogP contribution in [0.4, 0.5) is 23.4 Å². The van der Waals surface area contributed by atoms with Crippen molar-refractivity contribution < 1.29 is 27.1 Å². The number of hydrogen-bond donors (Lipinski definition) is 1. The number of aromatic nitrogens is 1. The van der Waals surface area contributed by atoms with Gasteiger partial charge in [-0.15, -0.1) is 0 Å². The van der Waals surface area contributed by atoms with Crippen molar-refractivity contribution in [3.05, 3.63) is 51.9 Å². The van der Waals surface area contributed by atoms with Crippen LogP contribution in [0.5, 0.6) is 5.75 Å². The lowest BCUT2D eigenvalue weighted by Crippen LogP contribution is -2.58. The molecule has 2 heterocycles. The Morgan fingerprint density at radius 3 is 2.58 bits per heavy atom.